The molecular weight excluding hydrogens is 388 g/mol. The first-order valence-electron chi connectivity index (χ1n) is 8.56. The normalized spacial score (nSPS) is 12.1. The topological polar surface area (TPSA) is 114 Å². The lowest BCUT2D eigenvalue weighted by Crippen LogP contribution is -2.46. The Hall–Kier alpha value is -3.50. The minimum absolute atomic E-state index is 0.117. The molecule has 2 aromatic rings. The summed E-state index contributed by atoms with van der Waals surface area (Å²) in [6.07, 6.45) is 1.75. The van der Waals surface area contributed by atoms with Crippen LogP contribution in [0.1, 0.15) is 38.3 Å². The minimum Gasteiger partial charge on any atom is -0.444 e. The molecule has 0 aliphatic carbocycles. The first-order chi connectivity index (χ1) is 13.4. The first-order valence-corrected chi connectivity index (χ1v) is 8.56. The lowest BCUT2D eigenvalue weighted by molar-refractivity contribution is -0.118. The monoisotopic (exact) mass is 409 g/mol. The predicted octanol–water partition coefficient (Wildman–Crippen LogP) is 2.40. The molecule has 156 valence electrons. The van der Waals surface area contributed by atoms with E-state index in [0.29, 0.717) is 6.07 Å². The number of hydrogen-bond donors (Lipinski definition) is 3. The number of halogens is 2. The fourth-order valence-electron chi connectivity index (χ4n) is 2.14. The summed E-state index contributed by atoms with van der Waals surface area (Å²) in [5, 5.41) is 4.64. The Morgan fingerprint density at radius 1 is 1.14 bits per heavy atom. The Kier molecular flexibility index (Phi) is 6.52. The van der Waals surface area contributed by atoms with Gasteiger partial charge >= 0.3 is 6.09 Å². The standard InChI is InChI=1S/C18H21F2N5O4/c1-10(22-17(28)29-18(2,3)4)15(26)24-25-6-5-21-14(25)16(27)23-13-8-11(19)7-12(20)9-13/h5-10H,1-4H3,(H,22,28)(H,23,27)(H,24,26). The molecule has 0 saturated heterocycles. The van der Waals surface area contributed by atoms with E-state index in [0.717, 1.165) is 16.8 Å². The smallest absolute Gasteiger partial charge is 0.408 e. The van der Waals surface area contributed by atoms with E-state index in [4.69, 9.17) is 4.74 Å². The molecule has 1 heterocycles. The van der Waals surface area contributed by atoms with Gasteiger partial charge in [0.15, 0.2) is 0 Å². The zero-order valence-electron chi connectivity index (χ0n) is 16.2. The number of ether oxygens (including phenoxy) is 1. The van der Waals surface area contributed by atoms with Gasteiger partial charge in [-0.3, -0.25) is 15.0 Å². The summed E-state index contributed by atoms with van der Waals surface area (Å²) < 4.78 is 32.6. The van der Waals surface area contributed by atoms with Gasteiger partial charge in [-0.1, -0.05) is 0 Å². The molecule has 0 saturated carbocycles. The Bertz CT molecular complexity index is 903. The van der Waals surface area contributed by atoms with Gasteiger partial charge in [-0.15, -0.1) is 0 Å². The van der Waals surface area contributed by atoms with Gasteiger partial charge in [-0.05, 0) is 39.8 Å². The zero-order chi connectivity index (χ0) is 21.8. The number of rotatable bonds is 5. The molecule has 0 fully saturated rings. The van der Waals surface area contributed by atoms with Gasteiger partial charge in [-0.25, -0.2) is 23.2 Å². The van der Waals surface area contributed by atoms with Crippen LogP contribution in [0.4, 0.5) is 19.3 Å². The van der Waals surface area contributed by atoms with Crippen molar-refractivity contribution in [3.63, 3.8) is 0 Å². The molecule has 0 spiro atoms. The Morgan fingerprint density at radius 2 is 1.76 bits per heavy atom. The van der Waals surface area contributed by atoms with E-state index in [1.807, 2.05) is 0 Å². The number of aromatic nitrogens is 2. The molecule has 0 aliphatic rings. The number of imidazole rings is 1. The van der Waals surface area contributed by atoms with E-state index in [1.165, 1.54) is 19.3 Å². The highest BCUT2D eigenvalue weighted by atomic mass is 19.1. The molecule has 1 unspecified atom stereocenters. The molecule has 1 aromatic heterocycles. The second kappa shape index (κ2) is 8.67. The number of benzene rings is 1. The van der Waals surface area contributed by atoms with Crippen molar-refractivity contribution in [3.8, 4) is 0 Å². The van der Waals surface area contributed by atoms with E-state index in [2.05, 4.69) is 21.0 Å². The number of alkyl carbamates (subject to hydrolysis) is 1. The molecule has 9 nitrogen and oxygen atoms in total. The van der Waals surface area contributed by atoms with Crippen molar-refractivity contribution >= 4 is 23.6 Å². The number of anilines is 1. The summed E-state index contributed by atoms with van der Waals surface area (Å²) in [5.41, 5.74) is 1.54. The summed E-state index contributed by atoms with van der Waals surface area (Å²) in [7, 11) is 0. The molecule has 3 amide bonds. The van der Waals surface area contributed by atoms with Crippen molar-refractivity contribution in [2.45, 2.75) is 39.3 Å². The van der Waals surface area contributed by atoms with Crippen LogP contribution in [-0.2, 0) is 9.53 Å². The fourth-order valence-corrected chi connectivity index (χ4v) is 2.14. The Balaban J connectivity index is 2.02. The molecule has 0 aliphatic heterocycles. The van der Waals surface area contributed by atoms with Crippen LogP contribution in [0.15, 0.2) is 30.6 Å². The lowest BCUT2D eigenvalue weighted by Gasteiger charge is -2.21. The predicted molar refractivity (Wildman–Crippen MR) is 99.7 cm³/mol. The van der Waals surface area contributed by atoms with Crippen LogP contribution in [-0.4, -0.2) is 39.2 Å². The van der Waals surface area contributed by atoms with Crippen LogP contribution in [0.25, 0.3) is 0 Å². The molecule has 1 atom stereocenters. The average Bonchev–Trinajstić information content (AvgIpc) is 3.00. The maximum absolute atomic E-state index is 13.3. The van der Waals surface area contributed by atoms with Gasteiger partial charge in [0.2, 0.25) is 5.82 Å². The third-order valence-corrected chi connectivity index (χ3v) is 3.32. The van der Waals surface area contributed by atoms with Crippen molar-refractivity contribution < 1.29 is 27.9 Å². The van der Waals surface area contributed by atoms with E-state index in [-0.39, 0.29) is 11.5 Å². The highest BCUT2D eigenvalue weighted by molar-refractivity contribution is 6.02. The van der Waals surface area contributed by atoms with Crippen molar-refractivity contribution in [2.75, 3.05) is 10.7 Å². The third kappa shape index (κ3) is 6.55. The van der Waals surface area contributed by atoms with E-state index in [1.54, 1.807) is 20.8 Å². The van der Waals surface area contributed by atoms with E-state index >= 15 is 0 Å². The average molecular weight is 409 g/mol. The van der Waals surface area contributed by atoms with Crippen LogP contribution in [0, 0.1) is 11.6 Å². The van der Waals surface area contributed by atoms with Gasteiger partial charge in [0.25, 0.3) is 11.8 Å². The molecular formula is C18H21F2N5O4. The SMILES string of the molecule is CC(NC(=O)OC(C)(C)C)C(=O)Nn1ccnc1C(=O)Nc1cc(F)cc(F)c1. The van der Waals surface area contributed by atoms with Crippen molar-refractivity contribution in [1.29, 1.82) is 0 Å². The number of nitrogens with zero attached hydrogens (tertiary/aromatic N) is 2. The number of carbonyl (C=O) groups is 3. The fraction of sp³-hybridized carbons (Fsp3) is 0.333. The van der Waals surface area contributed by atoms with Gasteiger partial charge in [0, 0.05) is 24.1 Å². The van der Waals surface area contributed by atoms with Crippen LogP contribution >= 0.6 is 0 Å². The first kappa shape index (κ1) is 21.8. The Labute approximate surface area is 165 Å². The van der Waals surface area contributed by atoms with E-state index in [9.17, 15) is 23.2 Å². The number of hydrogen-bond acceptors (Lipinski definition) is 5. The summed E-state index contributed by atoms with van der Waals surface area (Å²) >= 11 is 0. The minimum atomic E-state index is -0.986. The number of amides is 3. The molecule has 1 aromatic carbocycles. The highest BCUT2D eigenvalue weighted by Crippen LogP contribution is 2.14. The molecule has 2 rings (SSSR count). The summed E-state index contributed by atoms with van der Waals surface area (Å²) in [4.78, 5) is 40.2. The number of carbonyl (C=O) groups excluding carboxylic acids is 3. The van der Waals surface area contributed by atoms with Gasteiger partial charge < -0.3 is 15.4 Å². The van der Waals surface area contributed by atoms with Gasteiger partial charge in [0.1, 0.15) is 23.3 Å². The summed E-state index contributed by atoms with van der Waals surface area (Å²) in [5.74, 6) is -3.43. The van der Waals surface area contributed by atoms with Crippen molar-refractivity contribution in [3.05, 3.63) is 48.1 Å². The molecule has 0 radical (unpaired) electrons. The van der Waals surface area contributed by atoms with Crippen molar-refractivity contribution in [1.82, 2.24) is 15.0 Å². The quantitative estimate of drug-likeness (QED) is 0.702. The van der Waals surface area contributed by atoms with E-state index < -0.39 is 41.2 Å². The Morgan fingerprint density at radius 3 is 2.34 bits per heavy atom. The van der Waals surface area contributed by atoms with Crippen LogP contribution in [0.2, 0.25) is 0 Å². The molecule has 3 N–H and O–H groups in total. The number of nitrogens with one attached hydrogen (secondary N) is 3. The van der Waals surface area contributed by atoms with Crippen LogP contribution < -0.4 is 16.1 Å². The maximum Gasteiger partial charge on any atom is 0.408 e. The zero-order valence-corrected chi connectivity index (χ0v) is 16.2. The third-order valence-electron chi connectivity index (χ3n) is 3.32. The molecule has 11 heteroatoms. The van der Waals surface area contributed by atoms with Crippen LogP contribution in [0.3, 0.4) is 0 Å². The van der Waals surface area contributed by atoms with Crippen LogP contribution in [0.5, 0.6) is 0 Å². The lowest BCUT2D eigenvalue weighted by atomic mass is 10.2. The molecule has 0 bridgehead atoms. The maximum atomic E-state index is 13.3. The van der Waals surface area contributed by atoms with Crippen molar-refractivity contribution in [2.24, 2.45) is 0 Å². The second-order valence-corrected chi connectivity index (χ2v) is 7.08. The molecule has 29 heavy (non-hydrogen) atoms. The second-order valence-electron chi connectivity index (χ2n) is 7.08. The van der Waals surface area contributed by atoms with Gasteiger partial charge in [0.05, 0.1) is 0 Å². The van der Waals surface area contributed by atoms with Gasteiger partial charge in [-0.2, -0.15) is 0 Å². The largest absolute Gasteiger partial charge is 0.444 e. The highest BCUT2D eigenvalue weighted by Gasteiger charge is 2.22. The summed E-state index contributed by atoms with van der Waals surface area (Å²) in [6.45, 7) is 6.46. The summed E-state index contributed by atoms with van der Waals surface area (Å²) in [6, 6.07) is 1.54.